The van der Waals surface area contributed by atoms with E-state index in [4.69, 9.17) is 0 Å². The Hall–Kier alpha value is -1.56. The van der Waals surface area contributed by atoms with Crippen molar-refractivity contribution < 1.29 is 19.1 Å². The summed E-state index contributed by atoms with van der Waals surface area (Å²) in [5.74, 6) is 0.166. The van der Waals surface area contributed by atoms with Gasteiger partial charge in [0.05, 0.1) is 18.8 Å². The molecular weight excluding hydrogens is 302 g/mol. The van der Waals surface area contributed by atoms with Crippen LogP contribution in [0, 0.1) is 11.8 Å². The quantitative estimate of drug-likeness (QED) is 0.516. The van der Waals surface area contributed by atoms with Crippen LogP contribution in [0.2, 0.25) is 0 Å². The van der Waals surface area contributed by atoms with Crippen molar-refractivity contribution in [1.82, 2.24) is 5.32 Å². The zero-order valence-electron chi connectivity index (χ0n) is 13.2. The number of rotatable bonds is 9. The fourth-order valence-corrected chi connectivity index (χ4v) is 2.75. The molecule has 0 unspecified atom stereocenters. The number of thioether (sulfide) groups is 1. The van der Waals surface area contributed by atoms with Crippen LogP contribution in [0.15, 0.2) is 24.3 Å². The number of carbonyl (C=O) groups excluding carboxylic acids is 3. The lowest BCUT2D eigenvalue weighted by Crippen LogP contribution is -2.45. The van der Waals surface area contributed by atoms with Gasteiger partial charge in [-0.25, -0.2) is 4.79 Å². The molecule has 0 aromatic carbocycles. The lowest BCUT2D eigenvalue weighted by atomic mass is 10.0. The third-order valence-electron chi connectivity index (χ3n) is 3.28. The Bertz CT molecular complexity index is 459. The van der Waals surface area contributed by atoms with Crippen LogP contribution in [-0.4, -0.2) is 42.3 Å². The highest BCUT2D eigenvalue weighted by atomic mass is 32.2. The van der Waals surface area contributed by atoms with Gasteiger partial charge >= 0.3 is 5.97 Å². The molecule has 1 aliphatic carbocycles. The second-order valence-electron chi connectivity index (χ2n) is 5.38. The molecule has 6 heteroatoms. The monoisotopic (exact) mass is 325 g/mol. The van der Waals surface area contributed by atoms with Crippen LogP contribution in [0.5, 0.6) is 0 Å². The van der Waals surface area contributed by atoms with Gasteiger partial charge in [0.15, 0.2) is 0 Å². The van der Waals surface area contributed by atoms with E-state index in [1.807, 2.05) is 38.2 Å². The van der Waals surface area contributed by atoms with E-state index in [1.54, 1.807) is 0 Å². The van der Waals surface area contributed by atoms with Crippen LogP contribution < -0.4 is 5.32 Å². The highest BCUT2D eigenvalue weighted by molar-refractivity contribution is 7.99. The van der Waals surface area contributed by atoms with E-state index in [0.29, 0.717) is 12.2 Å². The van der Waals surface area contributed by atoms with Crippen LogP contribution >= 0.6 is 11.8 Å². The molecule has 0 saturated carbocycles. The molecule has 0 bridgehead atoms. The van der Waals surface area contributed by atoms with Gasteiger partial charge < -0.3 is 10.1 Å². The maximum absolute atomic E-state index is 11.8. The third-order valence-corrected chi connectivity index (χ3v) is 4.24. The van der Waals surface area contributed by atoms with Gasteiger partial charge in [-0.1, -0.05) is 38.2 Å². The molecule has 1 aliphatic rings. The molecule has 1 rings (SSSR count). The number of amides is 1. The number of hydrogen-bond donors (Lipinski definition) is 1. The highest BCUT2D eigenvalue weighted by Crippen LogP contribution is 2.14. The third kappa shape index (κ3) is 6.05. The van der Waals surface area contributed by atoms with E-state index >= 15 is 0 Å². The van der Waals surface area contributed by atoms with E-state index < -0.39 is 12.0 Å². The average Bonchev–Trinajstić information content (AvgIpc) is 3.02. The molecule has 5 nitrogen and oxygen atoms in total. The van der Waals surface area contributed by atoms with Crippen LogP contribution in [0.1, 0.15) is 20.3 Å². The van der Waals surface area contributed by atoms with Crippen molar-refractivity contribution in [2.45, 2.75) is 26.3 Å². The maximum Gasteiger partial charge on any atom is 0.328 e. The van der Waals surface area contributed by atoms with Crippen molar-refractivity contribution in [3.05, 3.63) is 24.3 Å². The van der Waals surface area contributed by atoms with Crippen molar-refractivity contribution >= 4 is 29.4 Å². The van der Waals surface area contributed by atoms with E-state index in [0.717, 1.165) is 0 Å². The minimum atomic E-state index is -0.631. The minimum Gasteiger partial charge on any atom is -0.467 e. The lowest BCUT2D eigenvalue weighted by molar-refractivity contribution is -0.146. The first-order valence-electron chi connectivity index (χ1n) is 7.28. The van der Waals surface area contributed by atoms with E-state index in [9.17, 15) is 14.4 Å². The SMILES string of the molecule is COC(=O)[C@@H](NC(=O)CSCCC(=O)C1C=CC=C1)C(C)C. The molecule has 0 spiro atoms. The van der Waals surface area contributed by atoms with Gasteiger partial charge in [-0.15, -0.1) is 0 Å². The Morgan fingerprint density at radius 2 is 1.86 bits per heavy atom. The number of nitrogens with one attached hydrogen (secondary N) is 1. The zero-order chi connectivity index (χ0) is 16.5. The average molecular weight is 325 g/mol. The Labute approximate surface area is 135 Å². The number of Topliss-reactive ketones (excluding diaryl/α,β-unsaturated/α-hetero) is 1. The number of hydrogen-bond acceptors (Lipinski definition) is 5. The molecule has 0 fully saturated rings. The number of methoxy groups -OCH3 is 1. The largest absolute Gasteiger partial charge is 0.467 e. The summed E-state index contributed by atoms with van der Waals surface area (Å²) in [5, 5.41) is 2.67. The van der Waals surface area contributed by atoms with Crippen molar-refractivity contribution in [2.75, 3.05) is 18.6 Å². The van der Waals surface area contributed by atoms with Crippen LogP contribution in [0.25, 0.3) is 0 Å². The molecule has 1 N–H and O–H groups in total. The minimum absolute atomic E-state index is 0.0380. The number of ether oxygens (including phenoxy) is 1. The van der Waals surface area contributed by atoms with Gasteiger partial charge in [-0.05, 0) is 5.92 Å². The maximum atomic E-state index is 11.8. The molecule has 122 valence electrons. The molecule has 22 heavy (non-hydrogen) atoms. The molecule has 0 aromatic rings. The molecule has 0 heterocycles. The Balaban J connectivity index is 2.25. The van der Waals surface area contributed by atoms with Crippen LogP contribution in [0.4, 0.5) is 0 Å². The molecule has 1 amide bonds. The van der Waals surface area contributed by atoms with E-state index in [-0.39, 0.29) is 29.3 Å². The Morgan fingerprint density at radius 1 is 1.23 bits per heavy atom. The number of esters is 1. The molecular formula is C16H23NO4S. The summed E-state index contributed by atoms with van der Waals surface area (Å²) in [6, 6.07) is -0.631. The number of carbonyl (C=O) groups is 3. The zero-order valence-corrected chi connectivity index (χ0v) is 14.0. The Morgan fingerprint density at radius 3 is 2.41 bits per heavy atom. The first kappa shape index (κ1) is 18.5. The van der Waals surface area contributed by atoms with Crippen LogP contribution in [0.3, 0.4) is 0 Å². The predicted molar refractivity (Wildman–Crippen MR) is 87.5 cm³/mol. The predicted octanol–water partition coefficient (Wildman–Crippen LogP) is 1.73. The summed E-state index contributed by atoms with van der Waals surface area (Å²) in [6.45, 7) is 3.69. The van der Waals surface area contributed by atoms with Crippen LogP contribution in [-0.2, 0) is 19.1 Å². The number of ketones is 1. The highest BCUT2D eigenvalue weighted by Gasteiger charge is 2.24. The molecule has 0 aromatic heterocycles. The van der Waals surface area contributed by atoms with Gasteiger partial charge in [-0.3, -0.25) is 9.59 Å². The van der Waals surface area contributed by atoms with Crippen molar-refractivity contribution in [3.8, 4) is 0 Å². The molecule has 0 aliphatic heterocycles. The topological polar surface area (TPSA) is 72.5 Å². The summed E-state index contributed by atoms with van der Waals surface area (Å²) in [4.78, 5) is 35.2. The molecule has 0 saturated heterocycles. The van der Waals surface area contributed by atoms with E-state index in [2.05, 4.69) is 10.1 Å². The summed E-state index contributed by atoms with van der Waals surface area (Å²) < 4.78 is 4.67. The standard InChI is InChI=1S/C16H23NO4S/c1-11(2)15(16(20)21-3)17-14(19)10-22-9-8-13(18)12-6-4-5-7-12/h4-7,11-12,15H,8-10H2,1-3H3,(H,17,19)/t15-/m0/s1. The fraction of sp³-hybridized carbons (Fsp3) is 0.562. The Kier molecular flexibility index (Phi) is 7.95. The second kappa shape index (κ2) is 9.46. The van der Waals surface area contributed by atoms with Gasteiger partial charge in [-0.2, -0.15) is 11.8 Å². The normalized spacial score (nSPS) is 15.1. The first-order valence-corrected chi connectivity index (χ1v) is 8.43. The second-order valence-corrected chi connectivity index (χ2v) is 6.48. The fourth-order valence-electron chi connectivity index (χ4n) is 1.99. The summed E-state index contributed by atoms with van der Waals surface area (Å²) in [5.41, 5.74) is 0. The first-order chi connectivity index (χ1) is 10.5. The smallest absolute Gasteiger partial charge is 0.328 e. The number of allylic oxidation sites excluding steroid dienone is 4. The summed E-state index contributed by atoms with van der Waals surface area (Å²) in [6.07, 6.45) is 7.89. The van der Waals surface area contributed by atoms with E-state index in [1.165, 1.54) is 18.9 Å². The molecule has 0 radical (unpaired) electrons. The summed E-state index contributed by atoms with van der Waals surface area (Å²) in [7, 11) is 1.30. The van der Waals surface area contributed by atoms with Crippen molar-refractivity contribution in [3.63, 3.8) is 0 Å². The van der Waals surface area contributed by atoms with Crippen molar-refractivity contribution in [1.29, 1.82) is 0 Å². The van der Waals surface area contributed by atoms with Gasteiger partial charge in [0.25, 0.3) is 0 Å². The van der Waals surface area contributed by atoms with Gasteiger partial charge in [0, 0.05) is 12.2 Å². The summed E-state index contributed by atoms with van der Waals surface area (Å²) >= 11 is 1.39. The lowest BCUT2D eigenvalue weighted by Gasteiger charge is -2.19. The van der Waals surface area contributed by atoms with Gasteiger partial charge in [0.2, 0.25) is 5.91 Å². The molecule has 1 atom stereocenters. The van der Waals surface area contributed by atoms with Gasteiger partial charge in [0.1, 0.15) is 11.8 Å². The van der Waals surface area contributed by atoms with Crippen molar-refractivity contribution in [2.24, 2.45) is 11.8 Å².